The van der Waals surface area contributed by atoms with Crippen molar-refractivity contribution in [2.75, 3.05) is 0 Å². The quantitative estimate of drug-likeness (QED) is 0.828. The molecule has 3 nitrogen and oxygen atoms in total. The van der Waals surface area contributed by atoms with Gasteiger partial charge < -0.3 is 5.11 Å². The first-order valence-electron chi connectivity index (χ1n) is 6.02. The number of hydrogen-bond acceptors (Lipinski definition) is 2. The van der Waals surface area contributed by atoms with E-state index >= 15 is 0 Å². The van der Waals surface area contributed by atoms with Crippen LogP contribution in [0, 0.1) is 10.5 Å². The molecule has 2 aromatic rings. The molecule has 0 atom stereocenters. The number of nitrogens with zero attached hydrogens (tertiary/aromatic N) is 1. The Kier molecular flexibility index (Phi) is 3.82. The van der Waals surface area contributed by atoms with E-state index in [9.17, 15) is 9.90 Å². The molecule has 0 amide bonds. The molecule has 0 saturated carbocycles. The van der Waals surface area contributed by atoms with Crippen molar-refractivity contribution in [3.05, 3.63) is 61.6 Å². The van der Waals surface area contributed by atoms with Crippen LogP contribution in [0.15, 0.2) is 41.3 Å². The summed E-state index contributed by atoms with van der Waals surface area (Å²) in [5.41, 5.74) is 1.06. The molecule has 19 heavy (non-hydrogen) atoms. The predicted molar refractivity (Wildman–Crippen MR) is 84.7 cm³/mol. The summed E-state index contributed by atoms with van der Waals surface area (Å²) in [6.07, 6.45) is 1.72. The summed E-state index contributed by atoms with van der Waals surface area (Å²) in [5, 5.41) is 10.0. The van der Waals surface area contributed by atoms with Gasteiger partial charge in [-0.1, -0.05) is 6.07 Å². The molecule has 0 unspecified atom stereocenters. The number of halogens is 1. The first kappa shape index (κ1) is 14.3. The molecule has 0 spiro atoms. The van der Waals surface area contributed by atoms with Gasteiger partial charge in [0.05, 0.1) is 5.60 Å². The fourth-order valence-electron chi connectivity index (χ4n) is 1.89. The minimum Gasteiger partial charge on any atom is -0.386 e. The van der Waals surface area contributed by atoms with Crippen LogP contribution >= 0.6 is 22.6 Å². The number of pyridine rings is 1. The maximum atomic E-state index is 12.4. The zero-order valence-electron chi connectivity index (χ0n) is 11.1. The van der Waals surface area contributed by atoms with Crippen LogP contribution in [0.2, 0.25) is 0 Å². The third-order valence-electron chi connectivity index (χ3n) is 3.04. The molecule has 4 heteroatoms. The Bertz CT molecular complexity index is 669. The van der Waals surface area contributed by atoms with E-state index in [0.717, 1.165) is 9.26 Å². The highest BCUT2D eigenvalue weighted by atomic mass is 127. The van der Waals surface area contributed by atoms with Gasteiger partial charge in [0.25, 0.3) is 5.56 Å². The van der Waals surface area contributed by atoms with E-state index in [1.807, 2.05) is 25.1 Å². The van der Waals surface area contributed by atoms with Crippen LogP contribution in [0.3, 0.4) is 0 Å². The molecule has 100 valence electrons. The molecule has 0 aliphatic heterocycles. The fraction of sp³-hybridized carbons (Fsp3) is 0.267. The highest BCUT2D eigenvalue weighted by Gasteiger charge is 2.20. The van der Waals surface area contributed by atoms with Crippen LogP contribution in [0.4, 0.5) is 0 Å². The summed E-state index contributed by atoms with van der Waals surface area (Å²) < 4.78 is 2.67. The maximum Gasteiger partial charge on any atom is 0.261 e. The summed E-state index contributed by atoms with van der Waals surface area (Å²) in [5.74, 6) is 0. The molecule has 0 aliphatic carbocycles. The lowest BCUT2D eigenvalue weighted by Gasteiger charge is -2.18. The van der Waals surface area contributed by atoms with Crippen LogP contribution in [-0.4, -0.2) is 9.67 Å². The minimum absolute atomic E-state index is 0.186. The predicted octanol–water partition coefficient (Wildman–Crippen LogP) is 2.98. The third kappa shape index (κ3) is 2.90. The van der Waals surface area contributed by atoms with Crippen molar-refractivity contribution < 1.29 is 5.11 Å². The van der Waals surface area contributed by atoms with E-state index in [1.165, 1.54) is 5.56 Å². The second-order valence-corrected chi connectivity index (χ2v) is 6.25. The Morgan fingerprint density at radius 3 is 2.53 bits per heavy atom. The molecule has 1 aromatic carbocycles. The van der Waals surface area contributed by atoms with Gasteiger partial charge in [-0.2, -0.15) is 0 Å². The monoisotopic (exact) mass is 369 g/mol. The zero-order chi connectivity index (χ0) is 14.2. The minimum atomic E-state index is -1.14. The number of aromatic nitrogens is 1. The second-order valence-electron chi connectivity index (χ2n) is 5.09. The maximum absolute atomic E-state index is 12.4. The van der Waals surface area contributed by atoms with E-state index in [1.54, 1.807) is 36.7 Å². The standard InChI is InChI=1S/C15H16INO2/c1-10-6-7-11(9-13(10)16)17-8-4-5-12(14(17)18)15(2,3)19/h4-9,19H,1-3H3. The SMILES string of the molecule is Cc1ccc(-n2cccc(C(C)(C)O)c2=O)cc1I. The number of aryl methyl sites for hydroxylation is 1. The van der Waals surface area contributed by atoms with Gasteiger partial charge in [0.1, 0.15) is 0 Å². The lowest BCUT2D eigenvalue weighted by atomic mass is 10.0. The van der Waals surface area contributed by atoms with Gasteiger partial charge in [-0.05, 0) is 73.2 Å². The molecule has 0 aliphatic rings. The lowest BCUT2D eigenvalue weighted by molar-refractivity contribution is 0.0768. The lowest BCUT2D eigenvalue weighted by Crippen LogP contribution is -2.30. The smallest absolute Gasteiger partial charge is 0.261 e. The van der Waals surface area contributed by atoms with E-state index < -0.39 is 5.60 Å². The number of hydrogen-bond donors (Lipinski definition) is 1. The van der Waals surface area contributed by atoms with Crippen molar-refractivity contribution >= 4 is 22.6 Å². The number of aliphatic hydroxyl groups is 1. The Morgan fingerprint density at radius 2 is 1.95 bits per heavy atom. The molecule has 1 N–H and O–H groups in total. The topological polar surface area (TPSA) is 42.2 Å². The van der Waals surface area contributed by atoms with Crippen LogP contribution in [0.25, 0.3) is 5.69 Å². The molecule has 0 radical (unpaired) electrons. The number of benzene rings is 1. The van der Waals surface area contributed by atoms with Gasteiger partial charge in [0, 0.05) is 21.0 Å². The van der Waals surface area contributed by atoms with Crippen LogP contribution < -0.4 is 5.56 Å². The Morgan fingerprint density at radius 1 is 1.26 bits per heavy atom. The van der Waals surface area contributed by atoms with Crippen LogP contribution in [-0.2, 0) is 5.60 Å². The Labute approximate surface area is 126 Å². The molecule has 0 saturated heterocycles. The van der Waals surface area contributed by atoms with E-state index in [4.69, 9.17) is 0 Å². The van der Waals surface area contributed by atoms with Gasteiger partial charge in [-0.25, -0.2) is 0 Å². The first-order valence-corrected chi connectivity index (χ1v) is 7.09. The highest BCUT2D eigenvalue weighted by Crippen LogP contribution is 2.18. The molecular weight excluding hydrogens is 353 g/mol. The molecule has 1 aromatic heterocycles. The average Bonchev–Trinajstić information content (AvgIpc) is 2.32. The van der Waals surface area contributed by atoms with Gasteiger partial charge in [0.15, 0.2) is 0 Å². The highest BCUT2D eigenvalue weighted by molar-refractivity contribution is 14.1. The van der Waals surface area contributed by atoms with E-state index in [2.05, 4.69) is 22.6 Å². The summed E-state index contributed by atoms with van der Waals surface area (Å²) >= 11 is 2.25. The van der Waals surface area contributed by atoms with Crippen molar-refractivity contribution in [3.63, 3.8) is 0 Å². The normalized spacial score (nSPS) is 11.6. The Hall–Kier alpha value is -1.14. The molecule has 1 heterocycles. The van der Waals surface area contributed by atoms with Gasteiger partial charge in [-0.3, -0.25) is 9.36 Å². The van der Waals surface area contributed by atoms with E-state index in [-0.39, 0.29) is 5.56 Å². The summed E-state index contributed by atoms with van der Waals surface area (Å²) in [6, 6.07) is 9.30. The van der Waals surface area contributed by atoms with Crippen molar-refractivity contribution in [2.45, 2.75) is 26.4 Å². The largest absolute Gasteiger partial charge is 0.386 e. The first-order chi connectivity index (χ1) is 8.80. The summed E-state index contributed by atoms with van der Waals surface area (Å²) in [7, 11) is 0. The third-order valence-corrected chi connectivity index (χ3v) is 4.20. The molecule has 0 fully saturated rings. The second kappa shape index (κ2) is 5.09. The van der Waals surface area contributed by atoms with E-state index in [0.29, 0.717) is 5.56 Å². The average molecular weight is 369 g/mol. The van der Waals surface area contributed by atoms with Crippen molar-refractivity contribution in [3.8, 4) is 5.69 Å². The van der Waals surface area contributed by atoms with Crippen LogP contribution in [0.5, 0.6) is 0 Å². The van der Waals surface area contributed by atoms with Crippen LogP contribution in [0.1, 0.15) is 25.0 Å². The van der Waals surface area contributed by atoms with Crippen molar-refractivity contribution in [2.24, 2.45) is 0 Å². The van der Waals surface area contributed by atoms with Crippen molar-refractivity contribution in [1.82, 2.24) is 4.57 Å². The molecule has 2 rings (SSSR count). The Balaban J connectivity index is 2.64. The van der Waals surface area contributed by atoms with Gasteiger partial charge >= 0.3 is 0 Å². The zero-order valence-corrected chi connectivity index (χ0v) is 13.3. The summed E-state index contributed by atoms with van der Waals surface area (Å²) in [4.78, 5) is 12.4. The molecular formula is C15H16INO2. The number of rotatable bonds is 2. The van der Waals surface area contributed by atoms with Gasteiger partial charge in [-0.15, -0.1) is 0 Å². The van der Waals surface area contributed by atoms with Gasteiger partial charge in [0.2, 0.25) is 0 Å². The molecule has 0 bridgehead atoms. The summed E-state index contributed by atoms with van der Waals surface area (Å²) in [6.45, 7) is 5.27. The fourth-order valence-corrected chi connectivity index (χ4v) is 2.39. The van der Waals surface area contributed by atoms with Crippen molar-refractivity contribution in [1.29, 1.82) is 0 Å².